The van der Waals surface area contributed by atoms with Gasteiger partial charge in [0.15, 0.2) is 0 Å². The molecule has 0 aromatic heterocycles. The van der Waals surface area contributed by atoms with Crippen LogP contribution in [0.1, 0.15) is 18.1 Å². The van der Waals surface area contributed by atoms with Crippen molar-refractivity contribution in [3.63, 3.8) is 0 Å². The van der Waals surface area contributed by atoms with Gasteiger partial charge < -0.3 is 5.32 Å². The van der Waals surface area contributed by atoms with E-state index in [1.54, 1.807) is 44.1 Å². The number of amides is 1. The van der Waals surface area contributed by atoms with E-state index >= 15 is 0 Å². The van der Waals surface area contributed by atoms with E-state index in [2.05, 4.69) is 5.32 Å². The van der Waals surface area contributed by atoms with Crippen LogP contribution in [0.2, 0.25) is 0 Å². The molecule has 1 aliphatic rings. The van der Waals surface area contributed by atoms with E-state index in [9.17, 15) is 17.6 Å². The van der Waals surface area contributed by atoms with E-state index in [-0.39, 0.29) is 24.0 Å². The van der Waals surface area contributed by atoms with Gasteiger partial charge in [-0.25, -0.2) is 12.8 Å². The van der Waals surface area contributed by atoms with Gasteiger partial charge in [-0.1, -0.05) is 30.3 Å². The SMILES string of the molecule is CN(C)[C@](C)(C(=O)NCCS(=O)(=O)N1CCc2ccccc21)c1ccc(F)cc1. The first-order chi connectivity index (χ1) is 13.7. The Hall–Kier alpha value is -2.45. The summed E-state index contributed by atoms with van der Waals surface area (Å²) in [5.41, 5.74) is 1.29. The van der Waals surface area contributed by atoms with Crippen LogP contribution in [0.5, 0.6) is 0 Å². The number of hydrogen-bond acceptors (Lipinski definition) is 4. The van der Waals surface area contributed by atoms with Crippen LogP contribution in [0.3, 0.4) is 0 Å². The van der Waals surface area contributed by atoms with E-state index in [0.717, 1.165) is 5.56 Å². The smallest absolute Gasteiger partial charge is 0.244 e. The molecule has 1 amide bonds. The van der Waals surface area contributed by atoms with Crippen LogP contribution in [0.25, 0.3) is 0 Å². The second kappa shape index (κ2) is 8.12. The summed E-state index contributed by atoms with van der Waals surface area (Å²) in [7, 11) is -0.0480. The highest BCUT2D eigenvalue weighted by Gasteiger charge is 2.38. The van der Waals surface area contributed by atoms with Crippen LogP contribution in [0.4, 0.5) is 10.1 Å². The fourth-order valence-corrected chi connectivity index (χ4v) is 4.97. The Morgan fingerprint density at radius 2 is 1.83 bits per heavy atom. The highest BCUT2D eigenvalue weighted by atomic mass is 32.2. The summed E-state index contributed by atoms with van der Waals surface area (Å²) in [5, 5.41) is 2.74. The van der Waals surface area contributed by atoms with Gasteiger partial charge in [-0.05, 0) is 56.8 Å². The number of para-hydroxylation sites is 1. The molecule has 1 aliphatic heterocycles. The Balaban J connectivity index is 1.69. The highest BCUT2D eigenvalue weighted by molar-refractivity contribution is 7.92. The topological polar surface area (TPSA) is 69.7 Å². The lowest BCUT2D eigenvalue weighted by molar-refractivity contribution is -0.131. The number of halogens is 1. The number of fused-ring (bicyclic) bond motifs is 1. The zero-order chi connectivity index (χ0) is 21.2. The lowest BCUT2D eigenvalue weighted by Gasteiger charge is -2.35. The summed E-state index contributed by atoms with van der Waals surface area (Å²) >= 11 is 0. The summed E-state index contributed by atoms with van der Waals surface area (Å²) in [6, 6.07) is 13.2. The quantitative estimate of drug-likeness (QED) is 0.746. The number of hydrogen-bond donors (Lipinski definition) is 1. The van der Waals surface area contributed by atoms with Gasteiger partial charge in [0.2, 0.25) is 15.9 Å². The molecule has 0 unspecified atom stereocenters. The van der Waals surface area contributed by atoms with Crippen LogP contribution in [-0.4, -0.2) is 52.2 Å². The molecule has 1 atom stereocenters. The molecule has 0 saturated carbocycles. The van der Waals surface area contributed by atoms with Gasteiger partial charge in [0, 0.05) is 13.1 Å². The molecule has 156 valence electrons. The first kappa shape index (κ1) is 21.3. The van der Waals surface area contributed by atoms with Gasteiger partial charge in [0.25, 0.3) is 0 Å². The fraction of sp³-hybridized carbons (Fsp3) is 0.381. The standard InChI is InChI=1S/C21H26FN3O3S/c1-21(24(2)3,17-8-10-18(22)11-9-17)20(26)23-13-15-29(27,28)25-14-12-16-6-4-5-7-19(16)25/h4-11H,12-15H2,1-3H3,(H,23,26)/t21-/m0/s1. The van der Waals surface area contributed by atoms with Gasteiger partial charge >= 0.3 is 0 Å². The van der Waals surface area contributed by atoms with Crippen molar-refractivity contribution in [3.8, 4) is 0 Å². The van der Waals surface area contributed by atoms with Gasteiger partial charge in [0.1, 0.15) is 11.4 Å². The van der Waals surface area contributed by atoms with Gasteiger partial charge in [-0.2, -0.15) is 0 Å². The monoisotopic (exact) mass is 419 g/mol. The lowest BCUT2D eigenvalue weighted by atomic mass is 9.89. The summed E-state index contributed by atoms with van der Waals surface area (Å²) in [4.78, 5) is 14.7. The molecule has 0 radical (unpaired) electrons. The molecule has 8 heteroatoms. The summed E-state index contributed by atoms with van der Waals surface area (Å²) < 4.78 is 40.3. The molecule has 0 saturated heterocycles. The number of likely N-dealkylation sites (N-methyl/N-ethyl adjacent to an activating group) is 1. The third-order valence-corrected chi connectivity index (χ3v) is 7.34. The zero-order valence-electron chi connectivity index (χ0n) is 16.9. The van der Waals surface area contributed by atoms with E-state index in [4.69, 9.17) is 0 Å². The van der Waals surface area contributed by atoms with Crippen molar-refractivity contribution in [2.75, 3.05) is 37.2 Å². The summed E-state index contributed by atoms with van der Waals surface area (Å²) in [5.74, 6) is -0.918. The van der Waals surface area contributed by atoms with Crippen LogP contribution in [-0.2, 0) is 26.8 Å². The van der Waals surface area contributed by atoms with Crippen LogP contribution < -0.4 is 9.62 Å². The maximum Gasteiger partial charge on any atom is 0.244 e. The van der Waals surface area contributed by atoms with E-state index in [1.807, 2.05) is 18.2 Å². The number of carbonyl (C=O) groups is 1. The Bertz CT molecular complexity index is 992. The lowest BCUT2D eigenvalue weighted by Crippen LogP contribution is -2.52. The number of nitrogens with one attached hydrogen (secondary N) is 1. The third-order valence-electron chi connectivity index (χ3n) is 5.57. The normalized spacial score (nSPS) is 15.8. The van der Waals surface area contributed by atoms with Crippen molar-refractivity contribution < 1.29 is 17.6 Å². The number of carbonyl (C=O) groups excluding carboxylic acids is 1. The van der Waals surface area contributed by atoms with Crippen LogP contribution >= 0.6 is 0 Å². The molecule has 0 spiro atoms. The van der Waals surface area contributed by atoms with Crippen molar-refractivity contribution in [2.45, 2.75) is 18.9 Å². The minimum absolute atomic E-state index is 0.00947. The van der Waals surface area contributed by atoms with E-state index in [0.29, 0.717) is 24.2 Å². The van der Waals surface area contributed by atoms with Gasteiger partial charge in [-0.3, -0.25) is 14.0 Å². The highest BCUT2D eigenvalue weighted by Crippen LogP contribution is 2.30. The minimum Gasteiger partial charge on any atom is -0.353 e. The summed E-state index contributed by atoms with van der Waals surface area (Å²) in [6.07, 6.45) is 0.686. The molecule has 2 aromatic carbocycles. The number of nitrogens with zero attached hydrogens (tertiary/aromatic N) is 2. The zero-order valence-corrected chi connectivity index (χ0v) is 17.7. The average molecular weight is 420 g/mol. The Morgan fingerprint density at radius 3 is 2.48 bits per heavy atom. The van der Waals surface area contributed by atoms with Gasteiger partial charge in [0.05, 0.1) is 11.4 Å². The van der Waals surface area contributed by atoms with E-state index < -0.39 is 15.6 Å². The second-order valence-electron chi connectivity index (χ2n) is 7.50. The molecule has 29 heavy (non-hydrogen) atoms. The Morgan fingerprint density at radius 1 is 1.17 bits per heavy atom. The number of sulfonamides is 1. The predicted molar refractivity (Wildman–Crippen MR) is 112 cm³/mol. The maximum atomic E-state index is 13.3. The maximum absolute atomic E-state index is 13.3. The minimum atomic E-state index is -3.55. The van der Waals surface area contributed by atoms with Crippen molar-refractivity contribution in [3.05, 3.63) is 65.5 Å². The van der Waals surface area contributed by atoms with Crippen molar-refractivity contribution in [1.82, 2.24) is 10.2 Å². The van der Waals surface area contributed by atoms with Crippen LogP contribution in [0.15, 0.2) is 48.5 Å². The van der Waals surface area contributed by atoms with Crippen molar-refractivity contribution in [1.29, 1.82) is 0 Å². The third kappa shape index (κ3) is 4.13. The molecule has 0 bridgehead atoms. The Labute approximate surface area is 171 Å². The molecule has 0 fully saturated rings. The molecule has 1 heterocycles. The molecule has 1 N–H and O–H groups in total. The molecule has 3 rings (SSSR count). The first-order valence-electron chi connectivity index (χ1n) is 9.46. The summed E-state index contributed by atoms with van der Waals surface area (Å²) in [6.45, 7) is 2.13. The number of rotatable bonds is 7. The van der Waals surface area contributed by atoms with Crippen molar-refractivity contribution in [2.24, 2.45) is 0 Å². The molecule has 6 nitrogen and oxygen atoms in total. The van der Waals surface area contributed by atoms with Crippen molar-refractivity contribution >= 4 is 21.6 Å². The largest absolute Gasteiger partial charge is 0.353 e. The molecule has 0 aliphatic carbocycles. The molecular weight excluding hydrogens is 393 g/mol. The van der Waals surface area contributed by atoms with E-state index in [1.165, 1.54) is 16.4 Å². The average Bonchev–Trinajstić information content (AvgIpc) is 3.12. The fourth-order valence-electron chi connectivity index (χ4n) is 3.54. The Kier molecular flexibility index (Phi) is 5.95. The van der Waals surface area contributed by atoms with Crippen LogP contribution in [0, 0.1) is 5.82 Å². The molecule has 2 aromatic rings. The van der Waals surface area contributed by atoms with Gasteiger partial charge in [-0.15, -0.1) is 0 Å². The number of benzene rings is 2. The second-order valence-corrected chi connectivity index (χ2v) is 9.51. The predicted octanol–water partition coefficient (Wildman–Crippen LogP) is 2.11. The molecular formula is C21H26FN3O3S. The first-order valence-corrected chi connectivity index (χ1v) is 11.1. The number of anilines is 1.